The van der Waals surface area contributed by atoms with Crippen molar-refractivity contribution in [3.05, 3.63) is 29.3 Å². The minimum Gasteiger partial charge on any atom is -0.497 e. The van der Waals surface area contributed by atoms with Gasteiger partial charge in [0.05, 0.1) is 7.11 Å². The molecular weight excluding hydrogens is 260 g/mol. The molecule has 0 saturated heterocycles. The molecule has 2 atom stereocenters. The van der Waals surface area contributed by atoms with Crippen molar-refractivity contribution in [1.29, 1.82) is 0 Å². The molecule has 3 heteroatoms. The Morgan fingerprint density at radius 2 is 2.05 bits per heavy atom. The summed E-state index contributed by atoms with van der Waals surface area (Å²) in [5, 5.41) is 3.55. The molecule has 0 fully saturated rings. The van der Waals surface area contributed by atoms with E-state index in [1.165, 1.54) is 30.4 Å². The first-order chi connectivity index (χ1) is 10.2. The summed E-state index contributed by atoms with van der Waals surface area (Å²) >= 11 is 0. The second-order valence-corrected chi connectivity index (χ2v) is 6.07. The van der Waals surface area contributed by atoms with Gasteiger partial charge in [0.1, 0.15) is 5.75 Å². The van der Waals surface area contributed by atoms with Crippen molar-refractivity contribution in [2.75, 3.05) is 21.2 Å². The highest BCUT2D eigenvalue weighted by molar-refractivity contribution is 5.40. The maximum atomic E-state index is 5.37. The fourth-order valence-corrected chi connectivity index (χ4v) is 3.83. The van der Waals surface area contributed by atoms with Gasteiger partial charge in [-0.2, -0.15) is 0 Å². The predicted molar refractivity (Wildman–Crippen MR) is 89.0 cm³/mol. The zero-order chi connectivity index (χ0) is 15.4. The molecular formula is C18H30N2O. The maximum Gasteiger partial charge on any atom is 0.119 e. The summed E-state index contributed by atoms with van der Waals surface area (Å²) < 4.78 is 5.37. The van der Waals surface area contributed by atoms with E-state index in [9.17, 15) is 0 Å². The highest BCUT2D eigenvalue weighted by atomic mass is 16.5. The molecule has 0 aromatic heterocycles. The number of fused-ring (bicyclic) bond motifs is 1. The molecule has 1 aliphatic carbocycles. The summed E-state index contributed by atoms with van der Waals surface area (Å²) in [6.07, 6.45) is 4.78. The van der Waals surface area contributed by atoms with Crippen molar-refractivity contribution in [1.82, 2.24) is 10.2 Å². The number of benzene rings is 1. The van der Waals surface area contributed by atoms with E-state index in [1.54, 1.807) is 7.11 Å². The van der Waals surface area contributed by atoms with E-state index in [1.807, 2.05) is 0 Å². The molecule has 1 aliphatic rings. The first-order valence-corrected chi connectivity index (χ1v) is 8.22. The van der Waals surface area contributed by atoms with Crippen molar-refractivity contribution < 1.29 is 4.74 Å². The molecule has 2 unspecified atom stereocenters. The number of aryl methyl sites for hydroxylation is 1. The molecule has 21 heavy (non-hydrogen) atoms. The number of likely N-dealkylation sites (N-methyl/N-ethyl adjacent to an activating group) is 2. The lowest BCUT2D eigenvalue weighted by molar-refractivity contribution is 0.119. The number of hydrogen-bond donors (Lipinski definition) is 1. The fraction of sp³-hybridized carbons (Fsp3) is 0.667. The van der Waals surface area contributed by atoms with Gasteiger partial charge in [0, 0.05) is 18.1 Å². The Morgan fingerprint density at radius 1 is 1.33 bits per heavy atom. The van der Waals surface area contributed by atoms with Crippen LogP contribution in [0.15, 0.2) is 18.2 Å². The Kier molecular flexibility index (Phi) is 5.65. The summed E-state index contributed by atoms with van der Waals surface area (Å²) in [7, 11) is 6.11. The van der Waals surface area contributed by atoms with Gasteiger partial charge in [-0.15, -0.1) is 0 Å². The van der Waals surface area contributed by atoms with Gasteiger partial charge in [0.15, 0.2) is 0 Å². The van der Waals surface area contributed by atoms with Crippen molar-refractivity contribution in [3.63, 3.8) is 0 Å². The minimum absolute atomic E-state index is 0.408. The van der Waals surface area contributed by atoms with E-state index in [0.29, 0.717) is 18.1 Å². The molecule has 2 rings (SSSR count). The van der Waals surface area contributed by atoms with Crippen LogP contribution in [0.5, 0.6) is 5.75 Å². The smallest absolute Gasteiger partial charge is 0.119 e. The Hall–Kier alpha value is -1.06. The zero-order valence-corrected chi connectivity index (χ0v) is 14.1. The van der Waals surface area contributed by atoms with E-state index in [-0.39, 0.29) is 0 Å². The van der Waals surface area contributed by atoms with Gasteiger partial charge in [-0.05, 0) is 63.0 Å². The van der Waals surface area contributed by atoms with Gasteiger partial charge in [-0.1, -0.05) is 19.9 Å². The topological polar surface area (TPSA) is 24.5 Å². The zero-order valence-electron chi connectivity index (χ0n) is 14.1. The minimum atomic E-state index is 0.408. The van der Waals surface area contributed by atoms with E-state index in [0.717, 1.165) is 12.2 Å². The third-order valence-corrected chi connectivity index (χ3v) is 5.13. The van der Waals surface area contributed by atoms with Crippen LogP contribution in [0.2, 0.25) is 0 Å². The number of nitrogens with zero attached hydrogens (tertiary/aromatic N) is 1. The lowest BCUT2D eigenvalue weighted by Gasteiger charge is -2.42. The third-order valence-electron chi connectivity index (χ3n) is 5.13. The lowest BCUT2D eigenvalue weighted by Crippen LogP contribution is -2.48. The molecule has 3 nitrogen and oxygen atoms in total. The number of ether oxygens (including phenoxy) is 1. The van der Waals surface area contributed by atoms with Crippen LogP contribution in [0.3, 0.4) is 0 Å². The van der Waals surface area contributed by atoms with E-state index in [2.05, 4.69) is 56.4 Å². The van der Waals surface area contributed by atoms with Crippen LogP contribution >= 0.6 is 0 Å². The Morgan fingerprint density at radius 3 is 2.62 bits per heavy atom. The summed E-state index contributed by atoms with van der Waals surface area (Å²) in [6, 6.07) is 8.18. The fourth-order valence-electron chi connectivity index (χ4n) is 3.83. The molecule has 0 heterocycles. The second-order valence-electron chi connectivity index (χ2n) is 6.07. The average molecular weight is 290 g/mol. The van der Waals surface area contributed by atoms with Gasteiger partial charge in [0.25, 0.3) is 0 Å². The van der Waals surface area contributed by atoms with Crippen molar-refractivity contribution in [2.45, 2.75) is 57.7 Å². The molecule has 0 aliphatic heterocycles. The van der Waals surface area contributed by atoms with Crippen molar-refractivity contribution in [2.24, 2.45) is 0 Å². The largest absolute Gasteiger partial charge is 0.497 e. The van der Waals surface area contributed by atoms with Gasteiger partial charge in [-0.3, -0.25) is 4.90 Å². The summed E-state index contributed by atoms with van der Waals surface area (Å²) in [6.45, 7) is 4.58. The van der Waals surface area contributed by atoms with Crippen LogP contribution in [0.1, 0.15) is 50.3 Å². The summed E-state index contributed by atoms with van der Waals surface area (Å²) in [4.78, 5) is 2.59. The molecule has 1 aromatic rings. The standard InChI is InChI=1S/C18H30N2O/c1-6-14(7-2)20(4)17-11-8-13-12-15(21-5)9-10-16(13)18(17)19-3/h9-10,12,14,17-19H,6-8,11H2,1-5H3. The highest BCUT2D eigenvalue weighted by Gasteiger charge is 2.33. The SMILES string of the molecule is CCC(CC)N(C)C1CCc2cc(OC)ccc2C1NC. The molecule has 0 spiro atoms. The van der Waals surface area contributed by atoms with Gasteiger partial charge >= 0.3 is 0 Å². The Balaban J connectivity index is 2.27. The average Bonchev–Trinajstić information content (AvgIpc) is 2.53. The van der Waals surface area contributed by atoms with Gasteiger partial charge in [-0.25, -0.2) is 0 Å². The van der Waals surface area contributed by atoms with E-state index in [4.69, 9.17) is 4.74 Å². The van der Waals surface area contributed by atoms with Crippen LogP contribution in [0.25, 0.3) is 0 Å². The molecule has 1 aromatic carbocycles. The van der Waals surface area contributed by atoms with E-state index < -0.39 is 0 Å². The molecule has 0 amide bonds. The second kappa shape index (κ2) is 7.28. The predicted octanol–water partition coefficient (Wildman–Crippen LogP) is 3.39. The van der Waals surface area contributed by atoms with Crippen molar-refractivity contribution in [3.8, 4) is 5.75 Å². The molecule has 118 valence electrons. The van der Waals surface area contributed by atoms with Gasteiger partial charge in [0.2, 0.25) is 0 Å². The first-order valence-electron chi connectivity index (χ1n) is 8.22. The van der Waals surface area contributed by atoms with Crippen LogP contribution in [-0.2, 0) is 6.42 Å². The molecule has 0 radical (unpaired) electrons. The van der Waals surface area contributed by atoms with Gasteiger partial charge < -0.3 is 10.1 Å². The monoisotopic (exact) mass is 290 g/mol. The number of methoxy groups -OCH3 is 1. The Labute approximate surface area is 129 Å². The number of rotatable bonds is 6. The summed E-state index contributed by atoms with van der Waals surface area (Å²) in [5.41, 5.74) is 2.87. The number of nitrogens with one attached hydrogen (secondary N) is 1. The Bertz CT molecular complexity index is 457. The van der Waals surface area contributed by atoms with Crippen molar-refractivity contribution >= 4 is 0 Å². The summed E-state index contributed by atoms with van der Waals surface area (Å²) in [5.74, 6) is 0.968. The van der Waals surface area contributed by atoms with Crippen LogP contribution < -0.4 is 10.1 Å². The maximum absolute atomic E-state index is 5.37. The van der Waals surface area contributed by atoms with E-state index >= 15 is 0 Å². The third kappa shape index (κ3) is 3.24. The normalized spacial score (nSPS) is 21.7. The number of hydrogen-bond acceptors (Lipinski definition) is 3. The van der Waals surface area contributed by atoms with Crippen LogP contribution in [-0.4, -0.2) is 38.2 Å². The highest BCUT2D eigenvalue weighted by Crippen LogP contribution is 2.35. The lowest BCUT2D eigenvalue weighted by atomic mass is 9.82. The molecule has 0 saturated carbocycles. The van der Waals surface area contributed by atoms with Crippen LogP contribution in [0, 0.1) is 0 Å². The first kappa shape index (κ1) is 16.3. The molecule has 1 N–H and O–H groups in total. The van der Waals surface area contributed by atoms with Crippen LogP contribution in [0.4, 0.5) is 0 Å². The quantitative estimate of drug-likeness (QED) is 0.869. The molecule has 0 bridgehead atoms.